The Balaban J connectivity index is 0.000000771. The number of aliphatic hydroxyl groups excluding tert-OH is 1. The molecule has 1 aromatic rings. The standard InChI is InChI=1S/C15H23N.CH4O/c1-12-5-7-13(8-6-12)15(4)9-10-16-11-14(15,2)3;1-2/h5-8,16H,9-11H2,1-4H3;2H,1H3. The van der Waals surface area contributed by atoms with Crippen LogP contribution in [0.25, 0.3) is 0 Å². The predicted molar refractivity (Wildman–Crippen MR) is 77.9 cm³/mol. The Morgan fingerprint density at radius 1 is 1.06 bits per heavy atom. The van der Waals surface area contributed by atoms with Gasteiger partial charge < -0.3 is 10.4 Å². The Morgan fingerprint density at radius 2 is 1.61 bits per heavy atom. The second-order valence-electron chi connectivity index (χ2n) is 6.01. The van der Waals surface area contributed by atoms with Crippen LogP contribution >= 0.6 is 0 Å². The van der Waals surface area contributed by atoms with Crippen LogP contribution < -0.4 is 5.32 Å². The quantitative estimate of drug-likeness (QED) is 0.802. The first-order chi connectivity index (χ1) is 8.46. The summed E-state index contributed by atoms with van der Waals surface area (Å²) in [6.07, 6.45) is 1.23. The van der Waals surface area contributed by atoms with Gasteiger partial charge in [0.05, 0.1) is 0 Å². The van der Waals surface area contributed by atoms with E-state index in [1.807, 2.05) is 0 Å². The fourth-order valence-corrected chi connectivity index (χ4v) is 2.73. The Kier molecular flexibility index (Phi) is 4.94. The monoisotopic (exact) mass is 249 g/mol. The lowest BCUT2D eigenvalue weighted by Crippen LogP contribution is -2.52. The van der Waals surface area contributed by atoms with Gasteiger partial charge in [-0.25, -0.2) is 0 Å². The molecule has 2 heteroatoms. The summed E-state index contributed by atoms with van der Waals surface area (Å²) in [4.78, 5) is 0. The van der Waals surface area contributed by atoms with E-state index in [0.29, 0.717) is 10.8 Å². The number of benzene rings is 1. The van der Waals surface area contributed by atoms with Crippen LogP contribution in [0.15, 0.2) is 24.3 Å². The molecule has 0 saturated carbocycles. The highest BCUT2D eigenvalue weighted by atomic mass is 16.2. The van der Waals surface area contributed by atoms with Crippen LogP contribution in [-0.2, 0) is 5.41 Å². The first-order valence-electron chi connectivity index (χ1n) is 6.68. The van der Waals surface area contributed by atoms with Crippen LogP contribution in [0.3, 0.4) is 0 Å². The van der Waals surface area contributed by atoms with E-state index in [4.69, 9.17) is 5.11 Å². The lowest BCUT2D eigenvalue weighted by atomic mass is 9.59. The zero-order valence-electron chi connectivity index (χ0n) is 12.4. The lowest BCUT2D eigenvalue weighted by molar-refractivity contribution is 0.126. The van der Waals surface area contributed by atoms with Gasteiger partial charge in [-0.1, -0.05) is 50.6 Å². The number of nitrogens with one attached hydrogen (secondary N) is 1. The summed E-state index contributed by atoms with van der Waals surface area (Å²) in [5, 5.41) is 10.5. The topological polar surface area (TPSA) is 32.3 Å². The Labute approximate surface area is 111 Å². The molecule has 1 saturated heterocycles. The van der Waals surface area contributed by atoms with Crippen LogP contribution in [0.5, 0.6) is 0 Å². The van der Waals surface area contributed by atoms with Gasteiger partial charge in [-0.15, -0.1) is 0 Å². The average Bonchev–Trinajstić information content (AvgIpc) is 2.36. The molecule has 0 aromatic heterocycles. The van der Waals surface area contributed by atoms with Gasteiger partial charge in [-0.2, -0.15) is 0 Å². The highest BCUT2D eigenvalue weighted by Gasteiger charge is 2.43. The van der Waals surface area contributed by atoms with Crippen molar-refractivity contribution in [1.29, 1.82) is 0 Å². The Bertz CT molecular complexity index is 369. The van der Waals surface area contributed by atoms with E-state index >= 15 is 0 Å². The lowest BCUT2D eigenvalue weighted by Gasteiger charge is -2.49. The number of aryl methyl sites for hydroxylation is 1. The molecule has 1 aliphatic heterocycles. The van der Waals surface area contributed by atoms with Gasteiger partial charge in [0.25, 0.3) is 0 Å². The molecule has 102 valence electrons. The van der Waals surface area contributed by atoms with Crippen molar-refractivity contribution in [3.05, 3.63) is 35.4 Å². The number of aliphatic hydroxyl groups is 1. The molecule has 0 amide bonds. The van der Waals surface area contributed by atoms with Crippen molar-refractivity contribution in [1.82, 2.24) is 5.32 Å². The van der Waals surface area contributed by atoms with Crippen molar-refractivity contribution in [3.63, 3.8) is 0 Å². The van der Waals surface area contributed by atoms with Crippen molar-refractivity contribution in [2.45, 2.75) is 39.5 Å². The molecule has 2 N–H and O–H groups in total. The van der Waals surface area contributed by atoms with E-state index in [1.54, 1.807) is 0 Å². The molecule has 1 aliphatic rings. The normalized spacial score (nSPS) is 26.1. The largest absolute Gasteiger partial charge is 0.400 e. The molecule has 1 unspecified atom stereocenters. The van der Waals surface area contributed by atoms with Crippen LogP contribution in [0.4, 0.5) is 0 Å². The van der Waals surface area contributed by atoms with Gasteiger partial charge in [0.1, 0.15) is 0 Å². The molecular weight excluding hydrogens is 222 g/mol. The maximum absolute atomic E-state index is 7.00. The van der Waals surface area contributed by atoms with Crippen LogP contribution in [-0.4, -0.2) is 25.3 Å². The van der Waals surface area contributed by atoms with Crippen molar-refractivity contribution in [2.75, 3.05) is 20.2 Å². The van der Waals surface area contributed by atoms with Crippen LogP contribution in [0, 0.1) is 12.3 Å². The number of piperidine rings is 1. The third-order valence-corrected chi connectivity index (χ3v) is 4.55. The fraction of sp³-hybridized carbons (Fsp3) is 0.625. The molecule has 18 heavy (non-hydrogen) atoms. The predicted octanol–water partition coefficient (Wildman–Crippen LogP) is 2.88. The number of hydrogen-bond acceptors (Lipinski definition) is 2. The highest BCUT2D eigenvalue weighted by Crippen LogP contribution is 2.45. The van der Waals surface area contributed by atoms with Crippen LogP contribution in [0.1, 0.15) is 38.3 Å². The minimum Gasteiger partial charge on any atom is -0.400 e. The third kappa shape index (κ3) is 2.76. The average molecular weight is 249 g/mol. The molecule has 1 aromatic carbocycles. The van der Waals surface area contributed by atoms with Crippen molar-refractivity contribution < 1.29 is 5.11 Å². The molecule has 0 aliphatic carbocycles. The summed E-state index contributed by atoms with van der Waals surface area (Å²) in [6, 6.07) is 9.09. The third-order valence-electron chi connectivity index (χ3n) is 4.55. The van der Waals surface area contributed by atoms with E-state index < -0.39 is 0 Å². The van der Waals surface area contributed by atoms with E-state index in [9.17, 15) is 0 Å². The maximum atomic E-state index is 7.00. The first kappa shape index (κ1) is 15.2. The van der Waals surface area contributed by atoms with E-state index in [0.717, 1.165) is 20.2 Å². The van der Waals surface area contributed by atoms with Gasteiger partial charge >= 0.3 is 0 Å². The summed E-state index contributed by atoms with van der Waals surface area (Å²) in [5.74, 6) is 0. The van der Waals surface area contributed by atoms with Crippen molar-refractivity contribution >= 4 is 0 Å². The SMILES string of the molecule is CO.Cc1ccc(C2(C)CCNCC2(C)C)cc1. The second kappa shape index (κ2) is 5.85. The van der Waals surface area contributed by atoms with Gasteiger partial charge in [0.15, 0.2) is 0 Å². The van der Waals surface area contributed by atoms with Gasteiger partial charge in [0, 0.05) is 13.7 Å². The summed E-state index contributed by atoms with van der Waals surface area (Å²) in [7, 11) is 1.00. The fourth-order valence-electron chi connectivity index (χ4n) is 2.73. The van der Waals surface area contributed by atoms with E-state index in [-0.39, 0.29) is 0 Å². The zero-order valence-corrected chi connectivity index (χ0v) is 12.4. The van der Waals surface area contributed by atoms with E-state index in [1.165, 1.54) is 17.5 Å². The molecule has 1 atom stereocenters. The first-order valence-corrected chi connectivity index (χ1v) is 6.68. The second-order valence-corrected chi connectivity index (χ2v) is 6.01. The molecule has 1 heterocycles. The minimum absolute atomic E-state index is 0.298. The number of rotatable bonds is 1. The minimum atomic E-state index is 0.298. The summed E-state index contributed by atoms with van der Waals surface area (Å²) < 4.78 is 0. The van der Waals surface area contributed by atoms with Gasteiger partial charge in [0.2, 0.25) is 0 Å². The van der Waals surface area contributed by atoms with Crippen molar-refractivity contribution in [3.8, 4) is 0 Å². The summed E-state index contributed by atoms with van der Waals surface area (Å²) in [6.45, 7) is 11.6. The van der Waals surface area contributed by atoms with Crippen LogP contribution in [0.2, 0.25) is 0 Å². The molecule has 1 fully saturated rings. The smallest absolute Gasteiger partial charge is 0.0319 e. The molecule has 2 rings (SSSR count). The summed E-state index contributed by atoms with van der Waals surface area (Å²) in [5.41, 5.74) is 3.45. The van der Waals surface area contributed by atoms with E-state index in [2.05, 4.69) is 57.3 Å². The highest BCUT2D eigenvalue weighted by molar-refractivity contribution is 5.31. The Hall–Kier alpha value is -0.860. The molecular formula is C16H27NO. The zero-order chi connectivity index (χ0) is 13.8. The summed E-state index contributed by atoms with van der Waals surface area (Å²) >= 11 is 0. The molecule has 0 radical (unpaired) electrons. The molecule has 2 nitrogen and oxygen atoms in total. The number of hydrogen-bond donors (Lipinski definition) is 2. The van der Waals surface area contributed by atoms with Crippen molar-refractivity contribution in [2.24, 2.45) is 5.41 Å². The maximum Gasteiger partial charge on any atom is 0.0319 e. The van der Waals surface area contributed by atoms with Gasteiger partial charge in [-0.05, 0) is 36.3 Å². The van der Waals surface area contributed by atoms with Gasteiger partial charge in [-0.3, -0.25) is 0 Å². The molecule has 0 spiro atoms. The molecule has 0 bridgehead atoms. The Morgan fingerprint density at radius 3 is 2.11 bits per heavy atom.